The van der Waals surface area contributed by atoms with E-state index in [1.54, 1.807) is 0 Å². The van der Waals surface area contributed by atoms with E-state index >= 15 is 0 Å². The van der Waals surface area contributed by atoms with E-state index in [-0.39, 0.29) is 6.42 Å². The number of carbonyl (C=O) groups is 1. The predicted molar refractivity (Wildman–Crippen MR) is 57.0 cm³/mol. The maximum absolute atomic E-state index is 13.1. The molecular weight excluding hydrogens is 233 g/mol. The van der Waals surface area contributed by atoms with Crippen LogP contribution < -0.4 is 0 Å². The van der Waals surface area contributed by atoms with E-state index in [0.717, 1.165) is 12.1 Å². The van der Waals surface area contributed by atoms with Crippen molar-refractivity contribution in [2.45, 2.75) is 12.8 Å². The predicted octanol–water partition coefficient (Wildman–Crippen LogP) is 3.34. The van der Waals surface area contributed by atoms with Crippen molar-refractivity contribution in [1.29, 1.82) is 0 Å². The summed E-state index contributed by atoms with van der Waals surface area (Å²) in [5.74, 6) is -1.38. The summed E-state index contributed by atoms with van der Waals surface area (Å²) in [4.78, 5) is 10.8. The smallest absolute Gasteiger partial charge is 0.309 e. The number of benzene rings is 1. The Morgan fingerprint density at radius 3 is 2.71 bits per heavy atom. The molecule has 5 heteroatoms. The molecule has 17 heavy (non-hydrogen) atoms. The normalized spacial score (nSPS) is 11.1. The molecule has 0 amide bonds. The summed E-state index contributed by atoms with van der Waals surface area (Å²) in [6, 6.07) is 3.38. The Bertz CT molecular complexity index is 428. The average Bonchev–Trinajstić information content (AvgIpc) is 2.28. The van der Waals surface area contributed by atoms with Crippen LogP contribution in [0.1, 0.15) is 24.0 Å². The number of ether oxygens (including phenoxy) is 1. The van der Waals surface area contributed by atoms with E-state index in [1.807, 2.05) is 0 Å². The Labute approximate surface area is 96.7 Å². The molecule has 0 saturated carbocycles. The Kier molecular flexibility index (Phi) is 4.75. The van der Waals surface area contributed by atoms with E-state index in [4.69, 9.17) is 0 Å². The number of carbonyl (C=O) groups excluding carboxylic acids is 1. The quantitative estimate of drug-likeness (QED) is 0.759. The lowest BCUT2D eigenvalue weighted by atomic mass is 10.1. The minimum atomic E-state index is -2.83. The molecule has 0 aromatic heterocycles. The number of alkyl halides is 2. The van der Waals surface area contributed by atoms with Crippen LogP contribution in [0.25, 0.3) is 6.08 Å². The van der Waals surface area contributed by atoms with Gasteiger partial charge < -0.3 is 4.74 Å². The summed E-state index contributed by atoms with van der Waals surface area (Å²) >= 11 is 0. The van der Waals surface area contributed by atoms with Crippen LogP contribution in [0.15, 0.2) is 24.3 Å². The standard InChI is InChI=1S/C12H11F3O2/c1-17-11(16)4-2-3-8-5-6-9(12(14)15)10(13)7-8/h2-3,5-7,12H,4H2,1H3. The monoisotopic (exact) mass is 244 g/mol. The summed E-state index contributed by atoms with van der Waals surface area (Å²) in [5.41, 5.74) is -0.217. The van der Waals surface area contributed by atoms with Gasteiger partial charge in [0.1, 0.15) is 5.82 Å². The minimum absolute atomic E-state index is 0.0503. The summed E-state index contributed by atoms with van der Waals surface area (Å²) in [7, 11) is 1.26. The largest absolute Gasteiger partial charge is 0.469 e. The molecule has 0 radical (unpaired) electrons. The molecular formula is C12H11F3O2. The van der Waals surface area contributed by atoms with Gasteiger partial charge >= 0.3 is 5.97 Å². The van der Waals surface area contributed by atoms with Gasteiger partial charge in [0.25, 0.3) is 6.43 Å². The molecule has 0 spiro atoms. The number of hydrogen-bond acceptors (Lipinski definition) is 2. The second-order valence-corrected chi connectivity index (χ2v) is 3.26. The van der Waals surface area contributed by atoms with Crippen LogP contribution >= 0.6 is 0 Å². The second kappa shape index (κ2) is 6.08. The zero-order valence-electron chi connectivity index (χ0n) is 9.12. The topological polar surface area (TPSA) is 26.3 Å². The third-order valence-corrected chi connectivity index (χ3v) is 2.08. The number of esters is 1. The molecule has 0 N–H and O–H groups in total. The van der Waals surface area contributed by atoms with E-state index in [9.17, 15) is 18.0 Å². The van der Waals surface area contributed by atoms with Crippen LogP contribution in [0.4, 0.5) is 13.2 Å². The second-order valence-electron chi connectivity index (χ2n) is 3.26. The van der Waals surface area contributed by atoms with Crippen molar-refractivity contribution in [2.24, 2.45) is 0 Å². The van der Waals surface area contributed by atoms with Gasteiger partial charge in [-0.05, 0) is 17.7 Å². The summed E-state index contributed by atoms with van der Waals surface area (Å²) in [6.07, 6.45) is 0.162. The summed E-state index contributed by atoms with van der Waals surface area (Å²) in [5, 5.41) is 0. The molecule has 0 aliphatic rings. The van der Waals surface area contributed by atoms with Gasteiger partial charge in [0.2, 0.25) is 0 Å². The zero-order valence-corrected chi connectivity index (χ0v) is 9.12. The van der Waals surface area contributed by atoms with Crippen molar-refractivity contribution in [3.63, 3.8) is 0 Å². The first-order chi connectivity index (χ1) is 8.04. The Morgan fingerprint density at radius 2 is 2.18 bits per heavy atom. The van der Waals surface area contributed by atoms with Crippen molar-refractivity contribution < 1.29 is 22.7 Å². The molecule has 0 atom stereocenters. The van der Waals surface area contributed by atoms with Gasteiger partial charge in [-0.1, -0.05) is 18.2 Å². The van der Waals surface area contributed by atoms with Gasteiger partial charge in [0.05, 0.1) is 19.1 Å². The molecule has 1 aromatic rings. The lowest BCUT2D eigenvalue weighted by molar-refractivity contribution is -0.139. The molecule has 0 aliphatic carbocycles. The fourth-order valence-electron chi connectivity index (χ4n) is 1.20. The van der Waals surface area contributed by atoms with Gasteiger partial charge in [-0.25, -0.2) is 13.2 Å². The molecule has 0 heterocycles. The highest BCUT2D eigenvalue weighted by Gasteiger charge is 2.12. The van der Waals surface area contributed by atoms with Gasteiger partial charge in [0.15, 0.2) is 0 Å². The van der Waals surface area contributed by atoms with E-state index in [0.29, 0.717) is 5.56 Å². The first-order valence-corrected chi connectivity index (χ1v) is 4.85. The highest BCUT2D eigenvalue weighted by Crippen LogP contribution is 2.23. The Morgan fingerprint density at radius 1 is 1.47 bits per heavy atom. The van der Waals surface area contributed by atoms with Gasteiger partial charge in [-0.3, -0.25) is 4.79 Å². The maximum atomic E-state index is 13.1. The Hall–Kier alpha value is -1.78. The van der Waals surface area contributed by atoms with E-state index in [2.05, 4.69) is 4.74 Å². The third kappa shape index (κ3) is 3.94. The molecule has 0 fully saturated rings. The molecule has 0 aliphatic heterocycles. The van der Waals surface area contributed by atoms with Crippen LogP contribution in [-0.4, -0.2) is 13.1 Å². The number of halogens is 3. The first kappa shape index (κ1) is 13.3. The first-order valence-electron chi connectivity index (χ1n) is 4.85. The SMILES string of the molecule is COC(=O)CC=Cc1ccc(C(F)F)c(F)c1. The van der Waals surface area contributed by atoms with Crippen molar-refractivity contribution in [3.8, 4) is 0 Å². The molecule has 0 saturated heterocycles. The lowest BCUT2D eigenvalue weighted by Crippen LogP contribution is -1.96. The van der Waals surface area contributed by atoms with Crippen molar-refractivity contribution in [3.05, 3.63) is 41.2 Å². The fourth-order valence-corrected chi connectivity index (χ4v) is 1.20. The Balaban J connectivity index is 2.74. The highest BCUT2D eigenvalue weighted by atomic mass is 19.3. The lowest BCUT2D eigenvalue weighted by Gasteiger charge is -2.02. The zero-order chi connectivity index (χ0) is 12.8. The van der Waals surface area contributed by atoms with Crippen molar-refractivity contribution >= 4 is 12.0 Å². The summed E-state index contributed by atoms with van der Waals surface area (Å²) < 4.78 is 42.0. The number of rotatable bonds is 4. The minimum Gasteiger partial charge on any atom is -0.469 e. The maximum Gasteiger partial charge on any atom is 0.309 e. The van der Waals surface area contributed by atoms with Gasteiger partial charge in [-0.15, -0.1) is 0 Å². The average molecular weight is 244 g/mol. The van der Waals surface area contributed by atoms with Crippen LogP contribution in [0.2, 0.25) is 0 Å². The third-order valence-electron chi connectivity index (χ3n) is 2.08. The molecule has 2 nitrogen and oxygen atoms in total. The van der Waals surface area contributed by atoms with Crippen molar-refractivity contribution in [2.75, 3.05) is 7.11 Å². The van der Waals surface area contributed by atoms with E-state index < -0.39 is 23.8 Å². The van der Waals surface area contributed by atoms with Crippen LogP contribution in [0.3, 0.4) is 0 Å². The highest BCUT2D eigenvalue weighted by molar-refractivity contribution is 5.72. The molecule has 0 unspecified atom stereocenters. The van der Waals surface area contributed by atoms with Crippen LogP contribution in [-0.2, 0) is 9.53 Å². The molecule has 92 valence electrons. The molecule has 1 aromatic carbocycles. The van der Waals surface area contributed by atoms with Gasteiger partial charge in [0, 0.05) is 0 Å². The van der Waals surface area contributed by atoms with Crippen LogP contribution in [0.5, 0.6) is 0 Å². The van der Waals surface area contributed by atoms with Gasteiger partial charge in [-0.2, -0.15) is 0 Å². The fraction of sp³-hybridized carbons (Fsp3) is 0.250. The summed E-state index contributed by atoms with van der Waals surface area (Å²) in [6.45, 7) is 0. The number of methoxy groups -OCH3 is 1. The number of hydrogen-bond donors (Lipinski definition) is 0. The van der Waals surface area contributed by atoms with Crippen LogP contribution in [0, 0.1) is 5.82 Å². The van der Waals surface area contributed by atoms with E-state index in [1.165, 1.54) is 25.3 Å². The molecule has 1 rings (SSSR count). The van der Waals surface area contributed by atoms with Crippen molar-refractivity contribution in [1.82, 2.24) is 0 Å². The molecule has 0 bridgehead atoms.